The normalized spacial score (nSPS) is 14.8. The molecule has 0 aliphatic rings. The Balaban J connectivity index is 3.20. The highest BCUT2D eigenvalue weighted by Gasteiger charge is 2.33. The number of nitrogens with two attached hydrogens (primary N) is 1. The molecule has 5 heteroatoms. The summed E-state index contributed by atoms with van der Waals surface area (Å²) in [6.07, 6.45) is 0. The van der Waals surface area contributed by atoms with E-state index in [-0.39, 0.29) is 22.0 Å². The molecule has 0 fully saturated rings. The Morgan fingerprint density at radius 1 is 1.22 bits per heavy atom. The molecule has 2 N–H and O–H groups in total. The third kappa shape index (κ3) is 2.84. The van der Waals surface area contributed by atoms with Gasteiger partial charge in [-0.1, -0.05) is 32.9 Å². The maximum atomic E-state index is 12.5. The summed E-state index contributed by atoms with van der Waals surface area (Å²) in [7, 11) is -1.95. The number of sulfonamides is 1. The smallest absolute Gasteiger partial charge is 0.245 e. The molecule has 1 aromatic rings. The Bertz CT molecular complexity index is 518. The van der Waals surface area contributed by atoms with Crippen LogP contribution in [0.2, 0.25) is 0 Å². The van der Waals surface area contributed by atoms with Crippen LogP contribution in [0, 0.1) is 5.41 Å². The van der Waals surface area contributed by atoms with Gasteiger partial charge in [0, 0.05) is 13.1 Å². The number of nitrogens with zero attached hydrogens (tertiary/aromatic N) is 1. The molecule has 0 bridgehead atoms. The summed E-state index contributed by atoms with van der Waals surface area (Å²) >= 11 is 0. The Kier molecular flexibility index (Phi) is 4.08. The minimum atomic E-state index is -3.54. The number of hydrogen-bond donors (Lipinski definition) is 1. The Hall–Kier alpha value is -1.07. The van der Waals surface area contributed by atoms with Crippen LogP contribution < -0.4 is 5.73 Å². The van der Waals surface area contributed by atoms with Crippen LogP contribution in [-0.4, -0.2) is 25.8 Å². The lowest BCUT2D eigenvalue weighted by molar-refractivity contribution is 0.216. The number of anilines is 1. The number of para-hydroxylation sites is 1. The van der Waals surface area contributed by atoms with E-state index in [4.69, 9.17) is 5.73 Å². The molecule has 0 aromatic heterocycles. The molecule has 0 aliphatic heterocycles. The zero-order valence-corrected chi connectivity index (χ0v) is 12.5. The Labute approximate surface area is 110 Å². The topological polar surface area (TPSA) is 63.4 Å². The largest absolute Gasteiger partial charge is 0.398 e. The van der Waals surface area contributed by atoms with E-state index in [1.165, 1.54) is 10.4 Å². The van der Waals surface area contributed by atoms with Gasteiger partial charge in [0.2, 0.25) is 10.0 Å². The molecule has 18 heavy (non-hydrogen) atoms. The molecular weight excluding hydrogens is 248 g/mol. The molecule has 1 unspecified atom stereocenters. The Morgan fingerprint density at radius 3 is 2.17 bits per heavy atom. The first-order valence-electron chi connectivity index (χ1n) is 5.91. The van der Waals surface area contributed by atoms with Crippen molar-refractivity contribution in [2.24, 2.45) is 5.41 Å². The molecule has 102 valence electrons. The lowest BCUT2D eigenvalue weighted by Crippen LogP contribution is -2.43. The van der Waals surface area contributed by atoms with E-state index in [1.54, 1.807) is 25.2 Å². The quantitative estimate of drug-likeness (QED) is 0.857. The second-order valence-electron chi connectivity index (χ2n) is 5.60. The lowest BCUT2D eigenvalue weighted by Gasteiger charge is -2.34. The molecule has 1 aromatic carbocycles. The summed E-state index contributed by atoms with van der Waals surface area (Å²) in [5, 5.41) is 0. The molecule has 4 nitrogen and oxygen atoms in total. The fourth-order valence-corrected chi connectivity index (χ4v) is 3.28. The molecular formula is C13H22N2O2S. The van der Waals surface area contributed by atoms with Gasteiger partial charge >= 0.3 is 0 Å². The van der Waals surface area contributed by atoms with E-state index in [0.29, 0.717) is 0 Å². The second-order valence-corrected chi connectivity index (χ2v) is 7.57. The minimum Gasteiger partial charge on any atom is -0.398 e. The van der Waals surface area contributed by atoms with Crippen molar-refractivity contribution >= 4 is 15.7 Å². The predicted octanol–water partition coefficient (Wildman–Crippen LogP) is 2.32. The third-order valence-electron chi connectivity index (χ3n) is 3.37. The van der Waals surface area contributed by atoms with Gasteiger partial charge in [-0.2, -0.15) is 4.31 Å². The van der Waals surface area contributed by atoms with Crippen LogP contribution >= 0.6 is 0 Å². The van der Waals surface area contributed by atoms with Crippen molar-refractivity contribution in [2.75, 3.05) is 12.8 Å². The van der Waals surface area contributed by atoms with Crippen molar-refractivity contribution in [2.45, 2.75) is 38.6 Å². The van der Waals surface area contributed by atoms with Crippen LogP contribution in [-0.2, 0) is 10.0 Å². The fourth-order valence-electron chi connectivity index (χ4n) is 1.62. The van der Waals surface area contributed by atoms with E-state index < -0.39 is 10.0 Å². The molecule has 0 spiro atoms. The highest BCUT2D eigenvalue weighted by Crippen LogP contribution is 2.29. The molecule has 0 aliphatic carbocycles. The van der Waals surface area contributed by atoms with Gasteiger partial charge in [-0.25, -0.2) is 8.42 Å². The number of hydrogen-bond acceptors (Lipinski definition) is 3. The van der Waals surface area contributed by atoms with Crippen molar-refractivity contribution in [3.05, 3.63) is 24.3 Å². The number of benzene rings is 1. The number of nitrogen functional groups attached to an aromatic ring is 1. The monoisotopic (exact) mass is 270 g/mol. The van der Waals surface area contributed by atoms with Crippen LogP contribution in [0.4, 0.5) is 5.69 Å². The molecule has 0 heterocycles. The van der Waals surface area contributed by atoms with Crippen molar-refractivity contribution in [1.29, 1.82) is 0 Å². The van der Waals surface area contributed by atoms with Crippen LogP contribution in [0.1, 0.15) is 27.7 Å². The third-order valence-corrected chi connectivity index (χ3v) is 5.38. The van der Waals surface area contributed by atoms with Gasteiger partial charge in [-0.05, 0) is 24.5 Å². The zero-order valence-electron chi connectivity index (χ0n) is 11.6. The van der Waals surface area contributed by atoms with Crippen LogP contribution in [0.15, 0.2) is 29.2 Å². The molecule has 0 amide bonds. The highest BCUT2D eigenvalue weighted by molar-refractivity contribution is 7.89. The first kappa shape index (κ1) is 15.0. The SMILES string of the molecule is CC(N(C)S(=O)(=O)c1ccccc1N)C(C)(C)C. The number of rotatable bonds is 3. The highest BCUT2D eigenvalue weighted by atomic mass is 32.2. The molecule has 0 radical (unpaired) electrons. The van der Waals surface area contributed by atoms with Crippen molar-refractivity contribution in [1.82, 2.24) is 4.31 Å². The van der Waals surface area contributed by atoms with E-state index in [9.17, 15) is 8.42 Å². The van der Waals surface area contributed by atoms with Crippen LogP contribution in [0.5, 0.6) is 0 Å². The average Bonchev–Trinajstić information content (AvgIpc) is 2.26. The summed E-state index contributed by atoms with van der Waals surface area (Å²) in [6.45, 7) is 7.94. The summed E-state index contributed by atoms with van der Waals surface area (Å²) in [5.41, 5.74) is 5.90. The second kappa shape index (κ2) is 4.90. The van der Waals surface area contributed by atoms with Crippen molar-refractivity contribution in [3.63, 3.8) is 0 Å². The van der Waals surface area contributed by atoms with Gasteiger partial charge in [0.1, 0.15) is 4.90 Å². The standard InChI is InChI=1S/C13H22N2O2S/c1-10(13(2,3)4)15(5)18(16,17)12-9-7-6-8-11(12)14/h6-10H,14H2,1-5H3. The Morgan fingerprint density at radius 2 is 1.72 bits per heavy atom. The predicted molar refractivity (Wildman–Crippen MR) is 74.7 cm³/mol. The average molecular weight is 270 g/mol. The zero-order chi connectivity index (χ0) is 14.1. The van der Waals surface area contributed by atoms with E-state index in [2.05, 4.69) is 0 Å². The fraction of sp³-hybridized carbons (Fsp3) is 0.538. The minimum absolute atomic E-state index is 0.123. The van der Waals surface area contributed by atoms with Crippen LogP contribution in [0.25, 0.3) is 0 Å². The lowest BCUT2D eigenvalue weighted by atomic mass is 9.88. The van der Waals surface area contributed by atoms with Crippen molar-refractivity contribution in [3.8, 4) is 0 Å². The molecule has 1 atom stereocenters. The molecule has 0 saturated heterocycles. The summed E-state index contributed by atoms with van der Waals surface area (Å²) < 4.78 is 26.4. The van der Waals surface area contributed by atoms with E-state index >= 15 is 0 Å². The summed E-state index contributed by atoms with van der Waals surface area (Å²) in [4.78, 5) is 0.170. The van der Waals surface area contributed by atoms with E-state index in [1.807, 2.05) is 27.7 Å². The van der Waals surface area contributed by atoms with Gasteiger partial charge < -0.3 is 5.73 Å². The summed E-state index contributed by atoms with van der Waals surface area (Å²) in [6, 6.07) is 6.42. The maximum Gasteiger partial charge on any atom is 0.245 e. The first-order chi connectivity index (χ1) is 8.08. The van der Waals surface area contributed by atoms with Gasteiger partial charge in [0.05, 0.1) is 5.69 Å². The van der Waals surface area contributed by atoms with Crippen LogP contribution in [0.3, 0.4) is 0 Å². The molecule has 0 saturated carbocycles. The van der Waals surface area contributed by atoms with Gasteiger partial charge in [-0.3, -0.25) is 0 Å². The van der Waals surface area contributed by atoms with Crippen molar-refractivity contribution < 1.29 is 8.42 Å². The first-order valence-corrected chi connectivity index (χ1v) is 7.35. The maximum absolute atomic E-state index is 12.5. The van der Waals surface area contributed by atoms with Gasteiger partial charge in [0.25, 0.3) is 0 Å². The van der Waals surface area contributed by atoms with Gasteiger partial charge in [-0.15, -0.1) is 0 Å². The molecule has 1 rings (SSSR count). The van der Waals surface area contributed by atoms with E-state index in [0.717, 1.165) is 0 Å². The summed E-state index contributed by atoms with van der Waals surface area (Å²) in [5.74, 6) is 0. The van der Waals surface area contributed by atoms with Gasteiger partial charge in [0.15, 0.2) is 0 Å².